The summed E-state index contributed by atoms with van der Waals surface area (Å²) in [5.74, 6) is 1.12. The summed E-state index contributed by atoms with van der Waals surface area (Å²) in [6.07, 6.45) is 1.51. The van der Waals surface area contributed by atoms with Crippen molar-refractivity contribution in [2.75, 3.05) is 24.9 Å². The fourth-order valence-electron chi connectivity index (χ4n) is 1.00. The Morgan fingerprint density at radius 3 is 2.80 bits per heavy atom. The van der Waals surface area contributed by atoms with Crippen molar-refractivity contribution in [2.24, 2.45) is 0 Å². The van der Waals surface area contributed by atoms with Crippen molar-refractivity contribution in [3.8, 4) is 6.01 Å². The van der Waals surface area contributed by atoms with Crippen LogP contribution in [0.1, 0.15) is 6.92 Å². The van der Waals surface area contributed by atoms with Crippen molar-refractivity contribution in [1.82, 2.24) is 9.97 Å². The van der Waals surface area contributed by atoms with Crippen molar-refractivity contribution in [2.45, 2.75) is 13.0 Å². The Kier molecular flexibility index (Phi) is 4.42. The Morgan fingerprint density at radius 2 is 2.27 bits per heavy atom. The zero-order valence-corrected chi connectivity index (χ0v) is 10.4. The molecule has 0 fully saturated rings. The van der Waals surface area contributed by atoms with Crippen LogP contribution in [0.5, 0.6) is 6.01 Å². The summed E-state index contributed by atoms with van der Waals surface area (Å²) in [6, 6.07) is 0.437. The van der Waals surface area contributed by atoms with E-state index < -0.39 is 0 Å². The zero-order chi connectivity index (χ0) is 11.4. The maximum Gasteiger partial charge on any atom is 0.318 e. The number of ether oxygens (including phenoxy) is 1. The van der Waals surface area contributed by atoms with Gasteiger partial charge in [0.1, 0.15) is 5.02 Å². The number of anilines is 1. The second-order valence-corrected chi connectivity index (χ2v) is 3.86. The SMILES string of the molecule is COc1ncc(Cl)c(N(C)C(C)CCl)n1. The number of halogens is 2. The summed E-state index contributed by atoms with van der Waals surface area (Å²) in [5, 5.41) is 0.482. The van der Waals surface area contributed by atoms with E-state index in [0.717, 1.165) is 0 Å². The van der Waals surface area contributed by atoms with Crippen LogP contribution in [0.3, 0.4) is 0 Å². The molecule has 1 rings (SSSR count). The summed E-state index contributed by atoms with van der Waals surface area (Å²) in [7, 11) is 3.39. The second-order valence-electron chi connectivity index (χ2n) is 3.14. The highest BCUT2D eigenvalue weighted by atomic mass is 35.5. The van der Waals surface area contributed by atoms with Gasteiger partial charge < -0.3 is 9.64 Å². The minimum Gasteiger partial charge on any atom is -0.467 e. The molecule has 0 radical (unpaired) electrons. The molecule has 0 amide bonds. The van der Waals surface area contributed by atoms with E-state index in [4.69, 9.17) is 27.9 Å². The molecule has 0 aliphatic heterocycles. The average molecular weight is 250 g/mol. The molecule has 1 atom stereocenters. The van der Waals surface area contributed by atoms with Gasteiger partial charge in [0, 0.05) is 19.0 Å². The largest absolute Gasteiger partial charge is 0.467 e. The maximum absolute atomic E-state index is 5.98. The van der Waals surface area contributed by atoms with Crippen molar-refractivity contribution in [1.29, 1.82) is 0 Å². The first kappa shape index (κ1) is 12.3. The Morgan fingerprint density at radius 1 is 1.60 bits per heavy atom. The predicted molar refractivity (Wildman–Crippen MR) is 62.2 cm³/mol. The van der Waals surface area contributed by atoms with Gasteiger partial charge in [0.05, 0.1) is 13.3 Å². The molecule has 0 spiro atoms. The highest BCUT2D eigenvalue weighted by Crippen LogP contribution is 2.24. The van der Waals surface area contributed by atoms with Gasteiger partial charge in [-0.25, -0.2) is 4.98 Å². The molecule has 1 aromatic heterocycles. The van der Waals surface area contributed by atoms with Gasteiger partial charge in [0.2, 0.25) is 0 Å². The summed E-state index contributed by atoms with van der Waals surface area (Å²) in [6.45, 7) is 1.98. The van der Waals surface area contributed by atoms with E-state index >= 15 is 0 Å². The van der Waals surface area contributed by atoms with Crippen molar-refractivity contribution in [3.05, 3.63) is 11.2 Å². The van der Waals surface area contributed by atoms with E-state index in [1.165, 1.54) is 13.3 Å². The highest BCUT2D eigenvalue weighted by molar-refractivity contribution is 6.32. The van der Waals surface area contributed by atoms with E-state index in [1.807, 2.05) is 18.9 Å². The van der Waals surface area contributed by atoms with Crippen molar-refractivity contribution in [3.63, 3.8) is 0 Å². The topological polar surface area (TPSA) is 38.2 Å². The molecule has 1 heterocycles. The molecule has 84 valence electrons. The van der Waals surface area contributed by atoms with Gasteiger partial charge in [-0.05, 0) is 6.92 Å². The van der Waals surface area contributed by atoms with Gasteiger partial charge in [-0.3, -0.25) is 0 Å². The third-order valence-electron chi connectivity index (χ3n) is 2.10. The molecular formula is C9H13Cl2N3O. The molecule has 4 nitrogen and oxygen atoms in total. The summed E-state index contributed by atoms with van der Waals surface area (Å²) in [5.41, 5.74) is 0. The van der Waals surface area contributed by atoms with Crippen LogP contribution in [0.25, 0.3) is 0 Å². The van der Waals surface area contributed by atoms with Crippen LogP contribution < -0.4 is 9.64 Å². The minimum absolute atomic E-state index is 0.142. The number of nitrogens with zero attached hydrogens (tertiary/aromatic N) is 3. The Bertz CT molecular complexity index is 335. The van der Waals surface area contributed by atoms with Crippen LogP contribution in [0.4, 0.5) is 5.82 Å². The van der Waals surface area contributed by atoms with Crippen LogP contribution in [-0.4, -0.2) is 36.0 Å². The molecule has 0 aromatic carbocycles. The molecule has 1 aromatic rings. The molecule has 0 aliphatic carbocycles. The third kappa shape index (κ3) is 2.86. The van der Waals surface area contributed by atoms with E-state index in [0.29, 0.717) is 22.7 Å². The minimum atomic E-state index is 0.142. The van der Waals surface area contributed by atoms with Crippen molar-refractivity contribution < 1.29 is 4.74 Å². The van der Waals surface area contributed by atoms with E-state index in [2.05, 4.69) is 9.97 Å². The molecule has 1 unspecified atom stereocenters. The van der Waals surface area contributed by atoms with Gasteiger partial charge in [-0.15, -0.1) is 11.6 Å². The lowest BCUT2D eigenvalue weighted by Crippen LogP contribution is -2.31. The lowest BCUT2D eigenvalue weighted by Gasteiger charge is -2.24. The standard InChI is InChI=1S/C9H13Cl2N3O/c1-6(4-10)14(2)8-7(11)5-12-9(13-8)15-3/h5-6H,4H2,1-3H3. The first-order valence-corrected chi connectivity index (χ1v) is 5.36. The first-order chi connectivity index (χ1) is 7.10. The van der Waals surface area contributed by atoms with Crippen LogP contribution >= 0.6 is 23.2 Å². The quantitative estimate of drug-likeness (QED) is 0.768. The number of alkyl halides is 1. The molecule has 0 saturated carbocycles. The molecule has 15 heavy (non-hydrogen) atoms. The van der Waals surface area contributed by atoms with Crippen LogP contribution in [0.15, 0.2) is 6.20 Å². The molecule has 0 aliphatic rings. The molecule has 0 saturated heterocycles. The number of methoxy groups -OCH3 is 1. The Balaban J connectivity index is 3.01. The average Bonchev–Trinajstić information content (AvgIpc) is 2.27. The lowest BCUT2D eigenvalue weighted by molar-refractivity contribution is 0.379. The number of rotatable bonds is 4. The Labute approximate surface area is 99.2 Å². The molecule has 0 bridgehead atoms. The van der Waals surface area contributed by atoms with Gasteiger partial charge in [0.15, 0.2) is 5.82 Å². The van der Waals surface area contributed by atoms with Crippen LogP contribution in [0.2, 0.25) is 5.02 Å². The zero-order valence-electron chi connectivity index (χ0n) is 8.87. The van der Waals surface area contributed by atoms with Gasteiger partial charge >= 0.3 is 6.01 Å². The van der Waals surface area contributed by atoms with Gasteiger partial charge in [-0.2, -0.15) is 4.98 Å². The normalized spacial score (nSPS) is 12.3. The monoisotopic (exact) mass is 249 g/mol. The van der Waals surface area contributed by atoms with Gasteiger partial charge in [-0.1, -0.05) is 11.6 Å². The molecule has 0 N–H and O–H groups in total. The predicted octanol–water partition coefficient (Wildman–Crippen LogP) is 2.20. The number of hydrogen-bond donors (Lipinski definition) is 0. The van der Waals surface area contributed by atoms with E-state index in [-0.39, 0.29) is 6.04 Å². The number of aromatic nitrogens is 2. The van der Waals surface area contributed by atoms with Crippen LogP contribution in [0, 0.1) is 0 Å². The highest BCUT2D eigenvalue weighted by Gasteiger charge is 2.15. The maximum atomic E-state index is 5.98. The van der Waals surface area contributed by atoms with Crippen molar-refractivity contribution >= 4 is 29.0 Å². The Hall–Kier alpha value is -0.740. The summed E-state index contributed by atoms with van der Waals surface area (Å²) in [4.78, 5) is 9.95. The van der Waals surface area contributed by atoms with Gasteiger partial charge in [0.25, 0.3) is 0 Å². The smallest absolute Gasteiger partial charge is 0.318 e. The third-order valence-corrected chi connectivity index (χ3v) is 2.82. The fourth-order valence-corrected chi connectivity index (χ4v) is 1.43. The second kappa shape index (κ2) is 5.37. The molecular weight excluding hydrogens is 237 g/mol. The first-order valence-electron chi connectivity index (χ1n) is 4.45. The molecule has 6 heteroatoms. The van der Waals surface area contributed by atoms with E-state index in [9.17, 15) is 0 Å². The summed E-state index contributed by atoms with van der Waals surface area (Å²) < 4.78 is 4.93. The number of hydrogen-bond acceptors (Lipinski definition) is 4. The van der Waals surface area contributed by atoms with E-state index in [1.54, 1.807) is 0 Å². The fraction of sp³-hybridized carbons (Fsp3) is 0.556. The lowest BCUT2D eigenvalue weighted by atomic mass is 10.3. The summed E-state index contributed by atoms with van der Waals surface area (Å²) >= 11 is 11.7. The van der Waals surface area contributed by atoms with Crippen LogP contribution in [-0.2, 0) is 0 Å².